The maximum atomic E-state index is 13.9. The minimum absolute atomic E-state index is 0.0305. The van der Waals surface area contributed by atoms with Crippen LogP contribution in [0.4, 0.5) is 23.7 Å². The number of hydrogen-bond donors (Lipinski definition) is 3. The molecule has 230 valence electrons. The zero-order valence-electron chi connectivity index (χ0n) is 24.0. The summed E-state index contributed by atoms with van der Waals surface area (Å²) in [5, 5.41) is 8.04. The Balaban J connectivity index is 1.44. The topological polar surface area (TPSA) is 106 Å². The van der Waals surface area contributed by atoms with E-state index in [-0.39, 0.29) is 29.6 Å². The monoisotopic (exact) mass is 615 g/mol. The Morgan fingerprint density at radius 2 is 1.56 bits per heavy atom. The molecule has 0 saturated carbocycles. The van der Waals surface area contributed by atoms with E-state index in [0.29, 0.717) is 28.0 Å². The summed E-state index contributed by atoms with van der Waals surface area (Å²) in [5.41, 5.74) is 1.34. The number of carbonyl (C=O) groups excluding carboxylic acids is 3. The molecule has 1 aliphatic heterocycles. The van der Waals surface area contributed by atoms with Crippen LogP contribution >= 0.6 is 0 Å². The summed E-state index contributed by atoms with van der Waals surface area (Å²) in [6.07, 6.45) is -4.55. The molecule has 0 unspecified atom stereocenters. The van der Waals surface area contributed by atoms with E-state index in [9.17, 15) is 27.6 Å². The molecule has 5 rings (SSSR count). The minimum Gasteiger partial charge on any atom is -0.490 e. The summed E-state index contributed by atoms with van der Waals surface area (Å²) < 4.78 is 50.6. The van der Waals surface area contributed by atoms with Crippen molar-refractivity contribution in [1.29, 1.82) is 0 Å². The second-order valence-corrected chi connectivity index (χ2v) is 9.94. The highest BCUT2D eigenvalue weighted by Gasteiger charge is 2.34. The van der Waals surface area contributed by atoms with Gasteiger partial charge >= 0.3 is 12.2 Å². The second kappa shape index (κ2) is 13.4. The maximum Gasteiger partial charge on any atom is 0.416 e. The van der Waals surface area contributed by atoms with Gasteiger partial charge in [0.1, 0.15) is 0 Å². The average molecular weight is 616 g/mol. The van der Waals surface area contributed by atoms with Gasteiger partial charge in [0.2, 0.25) is 0 Å². The second-order valence-electron chi connectivity index (χ2n) is 9.94. The van der Waals surface area contributed by atoms with Crippen molar-refractivity contribution in [3.63, 3.8) is 0 Å². The van der Waals surface area contributed by atoms with Crippen molar-refractivity contribution in [2.75, 3.05) is 18.5 Å². The quantitative estimate of drug-likeness (QED) is 0.171. The van der Waals surface area contributed by atoms with E-state index in [1.165, 1.54) is 12.1 Å². The van der Waals surface area contributed by atoms with Crippen LogP contribution in [0.25, 0.3) is 5.70 Å². The van der Waals surface area contributed by atoms with Crippen LogP contribution in [-0.2, 0) is 11.0 Å². The van der Waals surface area contributed by atoms with Crippen LogP contribution in [0.5, 0.6) is 11.5 Å². The van der Waals surface area contributed by atoms with Gasteiger partial charge in [0.05, 0.1) is 29.5 Å². The standard InChI is InChI=1S/C34H28F3N3O5/c1-2-44-27-18-23(16-17-26(27)45-20-28(41)38-25-15-9-14-24(19-25)34(35,36)37)31-29(32(42)22-12-7-4-8-13-22)30(39-33(43)40-31)21-10-5-3-6-11-21/h3-19,31H,2,20H2,1H3,(H,38,41)(H2,39,40,43)/t31-/m0/s1. The van der Waals surface area contributed by atoms with E-state index in [1.54, 1.807) is 79.7 Å². The first-order valence-electron chi connectivity index (χ1n) is 14.0. The summed E-state index contributed by atoms with van der Waals surface area (Å²) in [5.74, 6) is -0.556. The van der Waals surface area contributed by atoms with E-state index in [0.717, 1.165) is 12.1 Å². The van der Waals surface area contributed by atoms with Gasteiger partial charge in [-0.2, -0.15) is 13.2 Å². The van der Waals surface area contributed by atoms with E-state index in [1.807, 2.05) is 6.07 Å². The summed E-state index contributed by atoms with van der Waals surface area (Å²) >= 11 is 0. The summed E-state index contributed by atoms with van der Waals surface area (Å²) in [7, 11) is 0. The van der Waals surface area contributed by atoms with Crippen molar-refractivity contribution in [2.45, 2.75) is 19.1 Å². The van der Waals surface area contributed by atoms with E-state index >= 15 is 0 Å². The molecule has 45 heavy (non-hydrogen) atoms. The van der Waals surface area contributed by atoms with Crippen LogP contribution in [0.15, 0.2) is 109 Å². The lowest BCUT2D eigenvalue weighted by Gasteiger charge is -2.30. The highest BCUT2D eigenvalue weighted by Crippen LogP contribution is 2.37. The summed E-state index contributed by atoms with van der Waals surface area (Å²) in [6, 6.07) is 25.4. The van der Waals surface area contributed by atoms with Crippen molar-refractivity contribution in [2.24, 2.45) is 0 Å². The Kier molecular flexibility index (Phi) is 9.17. The van der Waals surface area contributed by atoms with E-state index in [2.05, 4.69) is 16.0 Å². The first-order valence-corrected chi connectivity index (χ1v) is 14.0. The van der Waals surface area contributed by atoms with Crippen LogP contribution in [0.2, 0.25) is 0 Å². The van der Waals surface area contributed by atoms with Crippen LogP contribution in [0.3, 0.4) is 0 Å². The molecule has 0 aromatic heterocycles. The number of ketones is 1. The van der Waals surface area contributed by atoms with Gasteiger partial charge < -0.3 is 25.4 Å². The first-order chi connectivity index (χ1) is 21.6. The number of benzene rings is 4. The summed E-state index contributed by atoms with van der Waals surface area (Å²) in [6.45, 7) is 1.46. The Morgan fingerprint density at radius 3 is 2.24 bits per heavy atom. The highest BCUT2D eigenvalue weighted by molar-refractivity contribution is 6.16. The minimum atomic E-state index is -4.55. The number of ether oxygens (including phenoxy) is 2. The molecule has 1 heterocycles. The van der Waals surface area contributed by atoms with Crippen molar-refractivity contribution >= 4 is 29.1 Å². The number of amides is 3. The van der Waals surface area contributed by atoms with Crippen LogP contribution in [0.1, 0.15) is 40.0 Å². The third-order valence-corrected chi connectivity index (χ3v) is 6.85. The number of rotatable bonds is 10. The highest BCUT2D eigenvalue weighted by atomic mass is 19.4. The summed E-state index contributed by atoms with van der Waals surface area (Å²) in [4.78, 5) is 39.4. The van der Waals surface area contributed by atoms with Gasteiger partial charge in [0.15, 0.2) is 23.9 Å². The number of Topliss-reactive ketones (excluding diaryl/α,β-unsaturated/α-hetero) is 1. The van der Waals surface area contributed by atoms with Gasteiger partial charge in [0.25, 0.3) is 5.91 Å². The molecule has 0 bridgehead atoms. The van der Waals surface area contributed by atoms with Gasteiger partial charge in [-0.15, -0.1) is 0 Å². The Morgan fingerprint density at radius 1 is 0.844 bits per heavy atom. The van der Waals surface area contributed by atoms with Crippen LogP contribution in [0, 0.1) is 0 Å². The fourth-order valence-electron chi connectivity index (χ4n) is 4.84. The third-order valence-electron chi connectivity index (χ3n) is 6.85. The molecule has 3 N–H and O–H groups in total. The van der Waals surface area contributed by atoms with Crippen molar-refractivity contribution < 1.29 is 37.0 Å². The molecule has 0 saturated heterocycles. The van der Waals surface area contributed by atoms with Crippen molar-refractivity contribution in [1.82, 2.24) is 10.6 Å². The predicted molar refractivity (Wildman–Crippen MR) is 162 cm³/mol. The van der Waals surface area contributed by atoms with Crippen LogP contribution in [-0.4, -0.2) is 30.9 Å². The lowest BCUT2D eigenvalue weighted by molar-refractivity contribution is -0.137. The molecule has 1 atom stereocenters. The van der Waals surface area contributed by atoms with E-state index < -0.39 is 36.3 Å². The molecular weight excluding hydrogens is 587 g/mol. The SMILES string of the molecule is CCOc1cc([C@@H]2NC(=O)NC(c3ccccc3)=C2C(=O)c2ccccc2)ccc1OCC(=O)Nc1cccc(C(F)(F)F)c1. The molecule has 0 radical (unpaired) electrons. The molecule has 3 amide bonds. The molecule has 1 aliphatic rings. The third kappa shape index (κ3) is 7.32. The van der Waals surface area contributed by atoms with Gasteiger partial charge in [-0.05, 0) is 48.4 Å². The maximum absolute atomic E-state index is 13.9. The van der Waals surface area contributed by atoms with Crippen molar-refractivity contribution in [3.8, 4) is 11.5 Å². The normalized spacial score (nSPS) is 14.7. The van der Waals surface area contributed by atoms with Crippen molar-refractivity contribution in [3.05, 3.63) is 131 Å². The smallest absolute Gasteiger partial charge is 0.416 e. The van der Waals surface area contributed by atoms with Gasteiger partial charge in [-0.1, -0.05) is 72.8 Å². The lowest BCUT2D eigenvalue weighted by atomic mass is 9.87. The molecule has 11 heteroatoms. The zero-order chi connectivity index (χ0) is 32.0. The number of halogens is 3. The molecule has 8 nitrogen and oxygen atoms in total. The Hall–Kier alpha value is -5.58. The average Bonchev–Trinajstić information content (AvgIpc) is 3.04. The fourth-order valence-corrected chi connectivity index (χ4v) is 4.84. The van der Waals surface area contributed by atoms with Gasteiger partial charge in [-0.3, -0.25) is 9.59 Å². The number of urea groups is 1. The van der Waals surface area contributed by atoms with E-state index in [4.69, 9.17) is 9.47 Å². The number of nitrogens with one attached hydrogen (secondary N) is 3. The molecule has 0 aliphatic carbocycles. The molecule has 0 spiro atoms. The lowest BCUT2D eigenvalue weighted by Crippen LogP contribution is -2.45. The molecule has 4 aromatic carbocycles. The predicted octanol–water partition coefficient (Wildman–Crippen LogP) is 6.77. The fraction of sp³-hybridized carbons (Fsp3) is 0.147. The number of hydrogen-bond acceptors (Lipinski definition) is 5. The van der Waals surface area contributed by atoms with Gasteiger partial charge in [0, 0.05) is 11.3 Å². The molecule has 0 fully saturated rings. The van der Waals surface area contributed by atoms with Crippen LogP contribution < -0.4 is 25.4 Å². The van der Waals surface area contributed by atoms with Gasteiger partial charge in [-0.25, -0.2) is 4.79 Å². The number of carbonyl (C=O) groups is 3. The Labute approximate surface area is 256 Å². The zero-order valence-corrected chi connectivity index (χ0v) is 24.0. The number of anilines is 1. The molecular formula is C34H28F3N3O5. The molecule has 4 aromatic rings. The Bertz CT molecular complexity index is 1740. The largest absolute Gasteiger partial charge is 0.490 e. The first kappa shape index (κ1) is 30.9. The number of alkyl halides is 3.